The number of hydrogen-bond donors (Lipinski definition) is 3. The highest BCUT2D eigenvalue weighted by Gasteiger charge is 2.45. The standard InChI is InChI=1S/C30H43N3O6S/c1-38-26-8-6-9-27(39-2)28(26)24-12-10-23(11-13-24)20-25(29(34)35)32-22-30(14-7-15-31-21-30)40(36,37)19-18-33-16-4-3-5-17-33/h6,8-13,25,31-32H,3-5,7,14-22H2,1-2H3,(H,34,35)/t25-,30?/m0/s1. The van der Waals surface area contributed by atoms with Crippen molar-refractivity contribution in [3.8, 4) is 22.6 Å². The van der Waals surface area contributed by atoms with Gasteiger partial charge in [0.1, 0.15) is 17.5 Å². The van der Waals surface area contributed by atoms with Crippen LogP contribution in [0, 0.1) is 0 Å². The smallest absolute Gasteiger partial charge is 0.321 e. The van der Waals surface area contributed by atoms with Crippen LogP contribution in [-0.2, 0) is 21.1 Å². The highest BCUT2D eigenvalue weighted by molar-refractivity contribution is 7.92. The Labute approximate surface area is 238 Å². The van der Waals surface area contributed by atoms with Gasteiger partial charge in [-0.2, -0.15) is 0 Å². The van der Waals surface area contributed by atoms with Crippen molar-refractivity contribution in [2.45, 2.75) is 49.3 Å². The van der Waals surface area contributed by atoms with Crippen LogP contribution in [0.25, 0.3) is 11.1 Å². The molecule has 2 saturated heterocycles. The minimum atomic E-state index is -3.47. The molecule has 2 aromatic carbocycles. The van der Waals surface area contributed by atoms with Crippen LogP contribution in [0.2, 0.25) is 0 Å². The second kappa shape index (κ2) is 13.8. The second-order valence-corrected chi connectivity index (χ2v) is 13.4. The van der Waals surface area contributed by atoms with Crippen LogP contribution in [0.5, 0.6) is 11.5 Å². The zero-order chi connectivity index (χ0) is 28.6. The molecule has 0 spiro atoms. The molecule has 2 aliphatic rings. The molecule has 0 bridgehead atoms. The second-order valence-electron chi connectivity index (χ2n) is 10.9. The van der Waals surface area contributed by atoms with E-state index in [1.807, 2.05) is 42.5 Å². The van der Waals surface area contributed by atoms with E-state index in [9.17, 15) is 18.3 Å². The number of methoxy groups -OCH3 is 2. The molecule has 10 heteroatoms. The Kier molecular flexibility index (Phi) is 10.5. The van der Waals surface area contributed by atoms with Gasteiger partial charge in [0.2, 0.25) is 0 Å². The van der Waals surface area contributed by atoms with Crippen molar-refractivity contribution >= 4 is 15.8 Å². The zero-order valence-corrected chi connectivity index (χ0v) is 24.5. The van der Waals surface area contributed by atoms with Gasteiger partial charge in [0.25, 0.3) is 0 Å². The van der Waals surface area contributed by atoms with Gasteiger partial charge in [-0.15, -0.1) is 0 Å². The molecule has 2 atom stereocenters. The first-order chi connectivity index (χ1) is 19.3. The number of carboxylic acid groups (broad SMARTS) is 1. The Morgan fingerprint density at radius 3 is 2.30 bits per heavy atom. The zero-order valence-electron chi connectivity index (χ0n) is 23.7. The molecule has 4 rings (SSSR count). The molecule has 0 saturated carbocycles. The topological polar surface area (TPSA) is 117 Å². The molecule has 0 aliphatic carbocycles. The quantitative estimate of drug-likeness (QED) is 0.332. The third kappa shape index (κ3) is 7.15. The summed E-state index contributed by atoms with van der Waals surface area (Å²) in [5, 5.41) is 16.4. The van der Waals surface area contributed by atoms with Crippen LogP contribution >= 0.6 is 0 Å². The molecule has 2 aromatic rings. The van der Waals surface area contributed by atoms with Crippen LogP contribution in [-0.4, -0.2) is 94.4 Å². The highest BCUT2D eigenvalue weighted by Crippen LogP contribution is 2.38. The van der Waals surface area contributed by atoms with Crippen LogP contribution in [0.1, 0.15) is 37.7 Å². The van der Waals surface area contributed by atoms with E-state index in [1.54, 1.807) is 14.2 Å². The number of carboxylic acids is 1. The molecule has 1 unspecified atom stereocenters. The van der Waals surface area contributed by atoms with Gasteiger partial charge in [-0.05, 0) is 75.0 Å². The fraction of sp³-hybridized carbons (Fsp3) is 0.567. The summed E-state index contributed by atoms with van der Waals surface area (Å²) in [6.07, 6.45) is 4.93. The van der Waals surface area contributed by atoms with Gasteiger partial charge >= 0.3 is 5.97 Å². The lowest BCUT2D eigenvalue weighted by Crippen LogP contribution is -2.60. The van der Waals surface area contributed by atoms with Gasteiger partial charge in [0, 0.05) is 19.6 Å². The van der Waals surface area contributed by atoms with E-state index in [0.29, 0.717) is 31.0 Å². The number of aliphatic carboxylic acids is 1. The minimum Gasteiger partial charge on any atom is -0.496 e. The third-order valence-electron chi connectivity index (χ3n) is 8.30. The van der Waals surface area contributed by atoms with Gasteiger partial charge in [-0.3, -0.25) is 4.79 Å². The van der Waals surface area contributed by atoms with Crippen molar-refractivity contribution in [3.05, 3.63) is 48.0 Å². The molecule has 40 heavy (non-hydrogen) atoms. The molecule has 0 radical (unpaired) electrons. The molecule has 220 valence electrons. The number of nitrogens with zero attached hydrogens (tertiary/aromatic N) is 1. The van der Waals surface area contributed by atoms with Gasteiger partial charge in [-0.1, -0.05) is 36.8 Å². The van der Waals surface area contributed by atoms with E-state index in [-0.39, 0.29) is 18.7 Å². The van der Waals surface area contributed by atoms with Crippen molar-refractivity contribution in [2.24, 2.45) is 0 Å². The lowest BCUT2D eigenvalue weighted by Gasteiger charge is -2.38. The Hall–Kier alpha value is -2.66. The summed E-state index contributed by atoms with van der Waals surface area (Å²) in [6, 6.07) is 12.3. The Morgan fingerprint density at radius 2 is 1.73 bits per heavy atom. The Morgan fingerprint density at radius 1 is 1.05 bits per heavy atom. The summed E-state index contributed by atoms with van der Waals surface area (Å²) in [5.41, 5.74) is 2.56. The van der Waals surface area contributed by atoms with Crippen molar-refractivity contribution in [1.29, 1.82) is 0 Å². The molecular weight excluding hydrogens is 530 g/mol. The Balaban J connectivity index is 1.46. The number of piperidine rings is 2. The molecule has 3 N–H and O–H groups in total. The van der Waals surface area contributed by atoms with Crippen LogP contribution < -0.4 is 20.1 Å². The van der Waals surface area contributed by atoms with E-state index in [0.717, 1.165) is 55.6 Å². The molecular formula is C30H43N3O6S. The predicted octanol–water partition coefficient (Wildman–Crippen LogP) is 2.98. The number of carbonyl (C=O) groups is 1. The maximum Gasteiger partial charge on any atom is 0.321 e. The monoisotopic (exact) mass is 573 g/mol. The fourth-order valence-electron chi connectivity index (χ4n) is 5.85. The van der Waals surface area contributed by atoms with Gasteiger partial charge in [0.05, 0.1) is 30.3 Å². The van der Waals surface area contributed by atoms with Crippen LogP contribution in [0.3, 0.4) is 0 Å². The first-order valence-corrected chi connectivity index (χ1v) is 15.9. The van der Waals surface area contributed by atoms with E-state index in [2.05, 4.69) is 15.5 Å². The summed E-state index contributed by atoms with van der Waals surface area (Å²) in [4.78, 5) is 14.5. The predicted molar refractivity (Wildman–Crippen MR) is 157 cm³/mol. The largest absolute Gasteiger partial charge is 0.496 e. The number of likely N-dealkylation sites (tertiary alicyclic amines) is 1. The summed E-state index contributed by atoms with van der Waals surface area (Å²) >= 11 is 0. The maximum atomic E-state index is 13.7. The van der Waals surface area contributed by atoms with Gasteiger partial charge in [-0.25, -0.2) is 8.42 Å². The summed E-state index contributed by atoms with van der Waals surface area (Å²) in [5.74, 6) is 0.470. The maximum absolute atomic E-state index is 13.7. The third-order valence-corrected chi connectivity index (χ3v) is 10.8. The van der Waals surface area contributed by atoms with Crippen molar-refractivity contribution in [2.75, 3.05) is 59.2 Å². The lowest BCUT2D eigenvalue weighted by molar-refractivity contribution is -0.139. The first-order valence-electron chi connectivity index (χ1n) is 14.2. The molecule has 0 aromatic heterocycles. The van der Waals surface area contributed by atoms with Crippen molar-refractivity contribution in [1.82, 2.24) is 15.5 Å². The molecule has 2 aliphatic heterocycles. The summed E-state index contributed by atoms with van der Waals surface area (Å²) < 4.78 is 37.4. The minimum absolute atomic E-state index is 0.0992. The normalized spacial score (nSPS) is 21.1. The number of benzene rings is 2. The van der Waals surface area contributed by atoms with E-state index in [4.69, 9.17) is 9.47 Å². The molecule has 2 fully saturated rings. The van der Waals surface area contributed by atoms with Crippen LogP contribution in [0.15, 0.2) is 42.5 Å². The highest BCUT2D eigenvalue weighted by atomic mass is 32.2. The summed E-state index contributed by atoms with van der Waals surface area (Å²) in [6.45, 7) is 3.65. The van der Waals surface area contributed by atoms with Crippen LogP contribution in [0.4, 0.5) is 0 Å². The number of ether oxygens (including phenoxy) is 2. The Bertz CT molecular complexity index is 1200. The summed E-state index contributed by atoms with van der Waals surface area (Å²) in [7, 11) is -0.253. The van der Waals surface area contributed by atoms with Gasteiger partial charge in [0.15, 0.2) is 9.84 Å². The number of sulfone groups is 1. The molecule has 0 amide bonds. The average Bonchev–Trinajstić information content (AvgIpc) is 2.99. The van der Waals surface area contributed by atoms with E-state index in [1.165, 1.54) is 6.42 Å². The SMILES string of the molecule is COc1cccc(OC)c1-c1ccc(C[C@H](NCC2(S(=O)(=O)CCN3CCCCC3)CCCNC2)C(=O)O)cc1. The number of rotatable bonds is 13. The number of nitrogens with one attached hydrogen (secondary N) is 2. The average molecular weight is 574 g/mol. The molecule has 9 nitrogen and oxygen atoms in total. The number of hydrogen-bond acceptors (Lipinski definition) is 8. The van der Waals surface area contributed by atoms with E-state index >= 15 is 0 Å². The lowest BCUT2D eigenvalue weighted by atomic mass is 9.96. The first kappa shape index (κ1) is 30.3. The van der Waals surface area contributed by atoms with Gasteiger partial charge < -0.3 is 30.1 Å². The fourth-order valence-corrected chi connectivity index (χ4v) is 7.86. The van der Waals surface area contributed by atoms with Crippen molar-refractivity contribution < 1.29 is 27.8 Å². The molecule has 2 heterocycles. The van der Waals surface area contributed by atoms with E-state index < -0.39 is 26.6 Å². The van der Waals surface area contributed by atoms with Crippen molar-refractivity contribution in [3.63, 3.8) is 0 Å².